The topological polar surface area (TPSA) is 50.9 Å². The zero-order valence-electron chi connectivity index (χ0n) is 10.4. The van der Waals surface area contributed by atoms with E-state index in [0.29, 0.717) is 6.42 Å². The molecule has 0 aliphatic heterocycles. The van der Waals surface area contributed by atoms with E-state index in [9.17, 15) is 18.0 Å². The molecular formula is C13H10CuF3NO3. The fourth-order valence-electron chi connectivity index (χ4n) is 1.30. The molecule has 0 aliphatic rings. The number of nitrogens with zero attached hydrogens (tertiary/aromatic N) is 1. The van der Waals surface area contributed by atoms with Gasteiger partial charge in [-0.1, -0.05) is 30.3 Å². The van der Waals surface area contributed by atoms with Gasteiger partial charge >= 0.3 is 17.8 Å². The van der Waals surface area contributed by atoms with Crippen molar-refractivity contribution < 1.29 is 44.9 Å². The van der Waals surface area contributed by atoms with Gasteiger partial charge in [-0.25, -0.2) is 4.85 Å². The third-order valence-electron chi connectivity index (χ3n) is 2.26. The van der Waals surface area contributed by atoms with Crippen molar-refractivity contribution in [2.45, 2.75) is 12.6 Å². The summed E-state index contributed by atoms with van der Waals surface area (Å²) in [6.07, 6.45) is -4.86. The molecule has 0 bridgehead atoms. The van der Waals surface area contributed by atoms with Crippen LogP contribution in [-0.4, -0.2) is 23.9 Å². The predicted molar refractivity (Wildman–Crippen MR) is 63.4 cm³/mol. The maximum Gasteiger partial charge on any atom is 0.438 e. The minimum atomic E-state index is -5.15. The monoisotopic (exact) mass is 348 g/mol. The summed E-state index contributed by atoms with van der Waals surface area (Å²) in [5.74, 6) is -3.73. The summed E-state index contributed by atoms with van der Waals surface area (Å²) >= 11 is 0. The Morgan fingerprint density at radius 3 is 2.33 bits per heavy atom. The SMILES string of the molecule is [C-]#[N+]C(C(=O)OCCc1ccccc1)=C(O)C(F)(F)F.[Cu]. The number of halogens is 3. The summed E-state index contributed by atoms with van der Waals surface area (Å²) in [4.78, 5) is 13.7. The van der Waals surface area contributed by atoms with Crippen LogP contribution in [0.2, 0.25) is 0 Å². The normalized spacial score (nSPS) is 11.7. The maximum absolute atomic E-state index is 12.2. The van der Waals surface area contributed by atoms with Crippen LogP contribution in [0.1, 0.15) is 5.56 Å². The zero-order valence-corrected chi connectivity index (χ0v) is 11.4. The molecule has 0 amide bonds. The van der Waals surface area contributed by atoms with Gasteiger partial charge in [-0.05, 0) is 5.56 Å². The van der Waals surface area contributed by atoms with Crippen molar-refractivity contribution in [2.24, 2.45) is 0 Å². The van der Waals surface area contributed by atoms with E-state index >= 15 is 0 Å². The van der Waals surface area contributed by atoms with E-state index in [1.165, 1.54) is 0 Å². The third kappa shape index (κ3) is 5.90. The van der Waals surface area contributed by atoms with Crippen LogP contribution in [0.25, 0.3) is 4.85 Å². The van der Waals surface area contributed by atoms with Crippen molar-refractivity contribution in [2.75, 3.05) is 6.61 Å². The molecule has 0 unspecified atom stereocenters. The van der Waals surface area contributed by atoms with Crippen molar-refractivity contribution in [1.29, 1.82) is 0 Å². The van der Waals surface area contributed by atoms with E-state index in [2.05, 4.69) is 9.58 Å². The smallest absolute Gasteiger partial charge is 0.438 e. The van der Waals surface area contributed by atoms with Gasteiger partial charge in [-0.3, -0.25) is 4.79 Å². The number of ether oxygens (including phenoxy) is 1. The third-order valence-corrected chi connectivity index (χ3v) is 2.26. The molecule has 0 saturated heterocycles. The Balaban J connectivity index is 0.00000400. The fraction of sp³-hybridized carbons (Fsp3) is 0.231. The minimum Gasteiger partial charge on any atom is -0.515 e. The van der Waals surface area contributed by atoms with E-state index in [1.807, 2.05) is 0 Å². The Labute approximate surface area is 129 Å². The number of aliphatic hydroxyl groups is 1. The van der Waals surface area contributed by atoms with Gasteiger partial charge in [0, 0.05) is 23.5 Å². The summed E-state index contributed by atoms with van der Waals surface area (Å²) in [6, 6.07) is 8.82. The van der Waals surface area contributed by atoms with E-state index in [0.717, 1.165) is 5.56 Å². The van der Waals surface area contributed by atoms with Crippen LogP contribution in [0.4, 0.5) is 13.2 Å². The molecule has 0 aliphatic carbocycles. The molecule has 0 heterocycles. The molecule has 21 heavy (non-hydrogen) atoms. The number of carbonyl (C=O) groups excluding carboxylic acids is 1. The second-order valence-corrected chi connectivity index (χ2v) is 3.68. The summed E-state index contributed by atoms with van der Waals surface area (Å²) in [5.41, 5.74) is -0.640. The van der Waals surface area contributed by atoms with E-state index in [1.54, 1.807) is 30.3 Å². The van der Waals surface area contributed by atoms with Gasteiger partial charge in [-0.15, -0.1) is 0 Å². The molecule has 4 nitrogen and oxygen atoms in total. The molecule has 1 radical (unpaired) electrons. The number of alkyl halides is 3. The first-order valence-electron chi connectivity index (χ1n) is 5.45. The van der Waals surface area contributed by atoms with Crippen LogP contribution in [0.15, 0.2) is 41.8 Å². The number of benzene rings is 1. The van der Waals surface area contributed by atoms with Gasteiger partial charge in [-0.2, -0.15) is 13.2 Å². The largest absolute Gasteiger partial charge is 0.515 e. The van der Waals surface area contributed by atoms with Crippen molar-refractivity contribution in [3.8, 4) is 0 Å². The number of allylic oxidation sites excluding steroid dienone is 1. The summed E-state index contributed by atoms with van der Waals surface area (Å²) < 4.78 is 41.1. The molecular weight excluding hydrogens is 339 g/mol. The Morgan fingerprint density at radius 2 is 1.86 bits per heavy atom. The first kappa shape index (κ1) is 19.0. The Kier molecular flexibility index (Phi) is 7.56. The van der Waals surface area contributed by atoms with Crippen LogP contribution >= 0.6 is 0 Å². The summed E-state index contributed by atoms with van der Waals surface area (Å²) in [6.45, 7) is 6.32. The maximum atomic E-state index is 12.2. The summed E-state index contributed by atoms with van der Waals surface area (Å²) in [5, 5.41) is 8.77. The van der Waals surface area contributed by atoms with Crippen molar-refractivity contribution in [3.63, 3.8) is 0 Å². The van der Waals surface area contributed by atoms with Gasteiger partial charge in [0.15, 0.2) is 0 Å². The first-order valence-corrected chi connectivity index (χ1v) is 5.45. The van der Waals surface area contributed by atoms with Gasteiger partial charge in [0.05, 0.1) is 13.2 Å². The molecule has 8 heteroatoms. The van der Waals surface area contributed by atoms with E-state index in [-0.39, 0.29) is 23.7 Å². The second kappa shape index (κ2) is 8.35. The molecule has 1 aromatic rings. The molecule has 0 fully saturated rings. The average molecular weight is 349 g/mol. The number of rotatable bonds is 4. The van der Waals surface area contributed by atoms with Gasteiger partial charge in [0.2, 0.25) is 5.76 Å². The van der Waals surface area contributed by atoms with Crippen LogP contribution in [-0.2, 0) is 33.0 Å². The minimum absolute atomic E-state index is 0. The second-order valence-electron chi connectivity index (χ2n) is 3.68. The van der Waals surface area contributed by atoms with Crippen LogP contribution in [0, 0.1) is 6.57 Å². The molecule has 0 saturated carbocycles. The Bertz CT molecular complexity index is 550. The molecule has 1 aromatic carbocycles. The number of aliphatic hydroxyl groups excluding tert-OH is 1. The molecule has 1 N–H and O–H groups in total. The van der Waals surface area contributed by atoms with E-state index < -0.39 is 23.6 Å². The van der Waals surface area contributed by atoms with Crippen molar-refractivity contribution >= 4 is 5.97 Å². The van der Waals surface area contributed by atoms with Crippen LogP contribution in [0.5, 0.6) is 0 Å². The molecule has 0 spiro atoms. The molecule has 0 aromatic heterocycles. The number of hydrogen-bond acceptors (Lipinski definition) is 3. The quantitative estimate of drug-likeness (QED) is 0.299. The van der Waals surface area contributed by atoms with Crippen molar-refractivity contribution in [1.82, 2.24) is 0 Å². The fourth-order valence-corrected chi connectivity index (χ4v) is 1.30. The molecule has 117 valence electrons. The molecule has 0 atom stereocenters. The number of esters is 1. The summed E-state index contributed by atoms with van der Waals surface area (Å²) in [7, 11) is 0. The van der Waals surface area contributed by atoms with Crippen LogP contribution < -0.4 is 0 Å². The number of hydrogen-bond donors (Lipinski definition) is 1. The van der Waals surface area contributed by atoms with Crippen LogP contribution in [0.3, 0.4) is 0 Å². The molecule has 1 rings (SSSR count). The Morgan fingerprint density at radius 1 is 1.29 bits per heavy atom. The zero-order chi connectivity index (χ0) is 15.2. The first-order chi connectivity index (χ1) is 9.36. The van der Waals surface area contributed by atoms with E-state index in [4.69, 9.17) is 11.7 Å². The predicted octanol–water partition coefficient (Wildman–Crippen LogP) is 3.02. The average Bonchev–Trinajstić information content (AvgIpc) is 2.39. The Hall–Kier alpha value is -1.97. The van der Waals surface area contributed by atoms with Gasteiger partial charge in [0.1, 0.15) is 0 Å². The van der Waals surface area contributed by atoms with Crippen molar-refractivity contribution in [3.05, 3.63) is 58.8 Å². The van der Waals surface area contributed by atoms with Gasteiger partial charge in [0.25, 0.3) is 0 Å². The van der Waals surface area contributed by atoms with Gasteiger partial charge < -0.3 is 9.84 Å². The number of carbonyl (C=O) groups is 1. The standard InChI is InChI=1S/C13H10F3NO3.Cu/c1-17-10(11(18)13(14,15)16)12(19)20-8-7-9-5-3-2-4-6-9;/h2-6,18H,7-8H2;.